The first-order chi connectivity index (χ1) is 12.4. The minimum absolute atomic E-state index is 0.114. The maximum Gasteiger partial charge on any atom is 0.338 e. The highest BCUT2D eigenvalue weighted by Gasteiger charge is 2.11. The Bertz CT molecular complexity index is 798. The molecule has 136 valence electrons. The molecule has 2 rings (SSSR count). The number of anilines is 2. The number of amides is 2. The summed E-state index contributed by atoms with van der Waals surface area (Å²) in [5.74, 6) is -0.976. The van der Waals surface area contributed by atoms with Gasteiger partial charge >= 0.3 is 5.97 Å². The second kappa shape index (κ2) is 8.80. The number of hydrogen-bond donors (Lipinski definition) is 2. The molecule has 0 saturated heterocycles. The van der Waals surface area contributed by atoms with Gasteiger partial charge in [-0.05, 0) is 49.4 Å². The van der Waals surface area contributed by atoms with Crippen molar-refractivity contribution in [2.24, 2.45) is 5.92 Å². The molecule has 2 N–H and O–H groups in total. The first-order valence-electron chi connectivity index (χ1n) is 8.40. The third kappa shape index (κ3) is 5.17. The van der Waals surface area contributed by atoms with Crippen LogP contribution in [0.1, 0.15) is 41.5 Å². The van der Waals surface area contributed by atoms with Crippen LogP contribution in [0.15, 0.2) is 48.5 Å². The summed E-state index contributed by atoms with van der Waals surface area (Å²) in [5, 5.41) is 5.52. The van der Waals surface area contributed by atoms with Crippen molar-refractivity contribution in [3.63, 3.8) is 0 Å². The molecule has 0 aromatic heterocycles. The summed E-state index contributed by atoms with van der Waals surface area (Å²) in [6.45, 7) is 5.64. The first kappa shape index (κ1) is 19.2. The van der Waals surface area contributed by atoms with Crippen LogP contribution < -0.4 is 10.6 Å². The van der Waals surface area contributed by atoms with Gasteiger partial charge in [-0.1, -0.05) is 19.9 Å². The third-order valence-electron chi connectivity index (χ3n) is 3.57. The minimum Gasteiger partial charge on any atom is -0.462 e. The molecule has 0 aliphatic carbocycles. The molecule has 0 saturated carbocycles. The largest absolute Gasteiger partial charge is 0.462 e. The standard InChI is InChI=1S/C20H22N2O4/c1-4-26-20(25)14-8-10-16(11-9-14)21-19(24)15-6-5-7-17(12-15)22-18(23)13(2)3/h5-13H,4H2,1-3H3,(H,21,24)(H,22,23). The Morgan fingerprint density at radius 1 is 0.923 bits per heavy atom. The topological polar surface area (TPSA) is 84.5 Å². The fourth-order valence-electron chi connectivity index (χ4n) is 2.13. The lowest BCUT2D eigenvalue weighted by molar-refractivity contribution is -0.118. The molecule has 0 radical (unpaired) electrons. The molecule has 0 bridgehead atoms. The molecular formula is C20H22N2O4. The highest BCUT2D eigenvalue weighted by atomic mass is 16.5. The van der Waals surface area contributed by atoms with Gasteiger partial charge in [-0.2, -0.15) is 0 Å². The average molecular weight is 354 g/mol. The molecule has 0 aliphatic rings. The zero-order chi connectivity index (χ0) is 19.1. The van der Waals surface area contributed by atoms with E-state index in [0.717, 1.165) is 0 Å². The fourth-order valence-corrected chi connectivity index (χ4v) is 2.13. The van der Waals surface area contributed by atoms with E-state index in [9.17, 15) is 14.4 Å². The second-order valence-electron chi connectivity index (χ2n) is 5.98. The van der Waals surface area contributed by atoms with Crippen LogP contribution in [0.25, 0.3) is 0 Å². The number of nitrogens with one attached hydrogen (secondary N) is 2. The second-order valence-corrected chi connectivity index (χ2v) is 5.98. The van der Waals surface area contributed by atoms with Crippen molar-refractivity contribution in [1.29, 1.82) is 0 Å². The zero-order valence-corrected chi connectivity index (χ0v) is 15.0. The van der Waals surface area contributed by atoms with E-state index in [0.29, 0.717) is 29.1 Å². The number of hydrogen-bond acceptors (Lipinski definition) is 4. The third-order valence-corrected chi connectivity index (χ3v) is 3.57. The Morgan fingerprint density at radius 3 is 2.23 bits per heavy atom. The summed E-state index contributed by atoms with van der Waals surface area (Å²) in [4.78, 5) is 35.8. The zero-order valence-electron chi connectivity index (χ0n) is 15.0. The maximum absolute atomic E-state index is 12.4. The summed E-state index contributed by atoms with van der Waals surface area (Å²) in [6, 6.07) is 13.2. The van der Waals surface area contributed by atoms with Crippen LogP contribution in [0, 0.1) is 5.92 Å². The Labute approximate surface area is 152 Å². The molecule has 0 unspecified atom stereocenters. The van der Waals surface area contributed by atoms with Crippen molar-refractivity contribution in [2.45, 2.75) is 20.8 Å². The molecule has 2 aromatic carbocycles. The van der Waals surface area contributed by atoms with Gasteiger partial charge in [0, 0.05) is 22.9 Å². The van der Waals surface area contributed by atoms with Crippen LogP contribution in [0.2, 0.25) is 0 Å². The van der Waals surface area contributed by atoms with Crippen molar-refractivity contribution in [3.8, 4) is 0 Å². The van der Waals surface area contributed by atoms with E-state index in [1.165, 1.54) is 0 Å². The van der Waals surface area contributed by atoms with Gasteiger partial charge in [-0.15, -0.1) is 0 Å². The molecule has 6 nitrogen and oxygen atoms in total. The molecule has 2 amide bonds. The molecular weight excluding hydrogens is 332 g/mol. The highest BCUT2D eigenvalue weighted by Crippen LogP contribution is 2.15. The van der Waals surface area contributed by atoms with Gasteiger partial charge in [0.15, 0.2) is 0 Å². The molecule has 2 aromatic rings. The van der Waals surface area contributed by atoms with Gasteiger partial charge in [-0.3, -0.25) is 9.59 Å². The minimum atomic E-state index is -0.404. The summed E-state index contributed by atoms with van der Waals surface area (Å²) < 4.78 is 4.92. The van der Waals surface area contributed by atoms with Crippen LogP contribution in [0.4, 0.5) is 11.4 Å². The summed E-state index contributed by atoms with van der Waals surface area (Å²) in [5.41, 5.74) is 1.96. The van der Waals surface area contributed by atoms with E-state index >= 15 is 0 Å². The summed E-state index contributed by atoms with van der Waals surface area (Å²) in [6.07, 6.45) is 0. The van der Waals surface area contributed by atoms with Crippen molar-refractivity contribution in [3.05, 3.63) is 59.7 Å². The Balaban J connectivity index is 2.05. The Kier molecular flexibility index (Phi) is 6.49. The molecule has 0 spiro atoms. The van der Waals surface area contributed by atoms with E-state index < -0.39 is 5.97 Å². The van der Waals surface area contributed by atoms with Crippen LogP contribution in [-0.2, 0) is 9.53 Å². The molecule has 0 heterocycles. The van der Waals surface area contributed by atoms with Crippen LogP contribution >= 0.6 is 0 Å². The highest BCUT2D eigenvalue weighted by molar-refractivity contribution is 6.05. The number of esters is 1. The molecule has 0 aliphatic heterocycles. The SMILES string of the molecule is CCOC(=O)c1ccc(NC(=O)c2cccc(NC(=O)C(C)C)c2)cc1. The molecule has 26 heavy (non-hydrogen) atoms. The van der Waals surface area contributed by atoms with Gasteiger partial charge in [0.2, 0.25) is 5.91 Å². The molecule has 0 fully saturated rings. The van der Waals surface area contributed by atoms with Gasteiger partial charge in [-0.25, -0.2) is 4.79 Å². The van der Waals surface area contributed by atoms with Crippen molar-refractivity contribution < 1.29 is 19.1 Å². The van der Waals surface area contributed by atoms with Crippen LogP contribution in [-0.4, -0.2) is 24.4 Å². The maximum atomic E-state index is 12.4. The summed E-state index contributed by atoms with van der Waals surface area (Å²) >= 11 is 0. The number of benzene rings is 2. The number of carbonyl (C=O) groups excluding carboxylic acids is 3. The summed E-state index contributed by atoms with van der Waals surface area (Å²) in [7, 11) is 0. The smallest absolute Gasteiger partial charge is 0.338 e. The van der Waals surface area contributed by atoms with E-state index in [1.807, 2.05) is 0 Å². The quantitative estimate of drug-likeness (QED) is 0.775. The molecule has 0 atom stereocenters. The van der Waals surface area contributed by atoms with Crippen molar-refractivity contribution in [2.75, 3.05) is 17.2 Å². The Morgan fingerprint density at radius 2 is 1.62 bits per heavy atom. The van der Waals surface area contributed by atoms with E-state index in [2.05, 4.69) is 10.6 Å². The van der Waals surface area contributed by atoms with Gasteiger partial charge in [0.25, 0.3) is 5.91 Å². The predicted octanol–water partition coefficient (Wildman–Crippen LogP) is 3.71. The Hall–Kier alpha value is -3.15. The van der Waals surface area contributed by atoms with Gasteiger partial charge in [0.05, 0.1) is 12.2 Å². The monoisotopic (exact) mass is 354 g/mol. The number of ether oxygens (including phenoxy) is 1. The van der Waals surface area contributed by atoms with Crippen molar-refractivity contribution in [1.82, 2.24) is 0 Å². The predicted molar refractivity (Wildman–Crippen MR) is 100 cm³/mol. The van der Waals surface area contributed by atoms with E-state index in [1.54, 1.807) is 69.3 Å². The lowest BCUT2D eigenvalue weighted by atomic mass is 10.1. The lowest BCUT2D eigenvalue weighted by Crippen LogP contribution is -2.18. The fraction of sp³-hybridized carbons (Fsp3) is 0.250. The number of carbonyl (C=O) groups is 3. The van der Waals surface area contributed by atoms with E-state index in [-0.39, 0.29) is 17.7 Å². The van der Waals surface area contributed by atoms with Gasteiger partial charge in [0.1, 0.15) is 0 Å². The van der Waals surface area contributed by atoms with Crippen molar-refractivity contribution >= 4 is 29.2 Å². The lowest BCUT2D eigenvalue weighted by Gasteiger charge is -2.10. The first-order valence-corrected chi connectivity index (χ1v) is 8.40. The molecule has 6 heteroatoms. The number of rotatable bonds is 6. The van der Waals surface area contributed by atoms with Gasteiger partial charge < -0.3 is 15.4 Å². The van der Waals surface area contributed by atoms with E-state index in [4.69, 9.17) is 4.74 Å². The van der Waals surface area contributed by atoms with Crippen LogP contribution in [0.3, 0.4) is 0 Å². The normalized spacial score (nSPS) is 10.3. The van der Waals surface area contributed by atoms with Crippen LogP contribution in [0.5, 0.6) is 0 Å². The average Bonchev–Trinajstić information content (AvgIpc) is 2.62.